The second kappa shape index (κ2) is 8.99. The van der Waals surface area contributed by atoms with Crippen molar-refractivity contribution in [3.05, 3.63) is 54.4 Å². The fourth-order valence-electron chi connectivity index (χ4n) is 3.34. The smallest absolute Gasteiger partial charge is 0.243 e. The molecule has 1 amide bonds. The molecule has 10 heteroatoms. The van der Waals surface area contributed by atoms with Crippen molar-refractivity contribution in [2.45, 2.75) is 29.1 Å². The second-order valence-corrected chi connectivity index (χ2v) is 10.5. The quantitative estimate of drug-likeness (QED) is 0.569. The van der Waals surface area contributed by atoms with Crippen LogP contribution in [0.5, 0.6) is 0 Å². The monoisotopic (exact) mass is 460 g/mol. The third-order valence-electron chi connectivity index (χ3n) is 5.10. The topological polar surface area (TPSA) is 93.0 Å². The number of carbonyl (C=O) groups excluding carboxylic acids is 1. The van der Waals surface area contributed by atoms with Crippen molar-refractivity contribution in [2.75, 3.05) is 31.6 Å². The Labute approximate surface area is 185 Å². The van der Waals surface area contributed by atoms with Gasteiger partial charge >= 0.3 is 0 Å². The number of carbonyl (C=O) groups is 1. The van der Waals surface area contributed by atoms with Gasteiger partial charge in [0, 0.05) is 25.0 Å². The summed E-state index contributed by atoms with van der Waals surface area (Å²) in [7, 11) is -3.65. The summed E-state index contributed by atoms with van der Waals surface area (Å²) >= 11 is 1.34. The summed E-state index contributed by atoms with van der Waals surface area (Å²) in [6.07, 6.45) is 3.66. The SMILES string of the molecule is Cc1ccc(NC(=O)C(C)Sc2ncc3ccccn23)cc1S(=O)(=O)N1CCOCC1. The summed E-state index contributed by atoms with van der Waals surface area (Å²) in [5.41, 5.74) is 2.03. The van der Waals surface area contributed by atoms with Gasteiger partial charge in [-0.1, -0.05) is 23.9 Å². The van der Waals surface area contributed by atoms with E-state index in [2.05, 4.69) is 10.3 Å². The Kier molecular flexibility index (Phi) is 6.33. The molecule has 1 atom stereocenters. The van der Waals surface area contributed by atoms with Crippen molar-refractivity contribution in [1.29, 1.82) is 0 Å². The van der Waals surface area contributed by atoms with Gasteiger partial charge in [0.05, 0.1) is 35.1 Å². The van der Waals surface area contributed by atoms with Crippen LogP contribution < -0.4 is 5.32 Å². The van der Waals surface area contributed by atoms with Crippen LogP contribution >= 0.6 is 11.8 Å². The first-order valence-electron chi connectivity index (χ1n) is 9.94. The molecule has 1 fully saturated rings. The average molecular weight is 461 g/mol. The molecule has 1 N–H and O–H groups in total. The summed E-state index contributed by atoms with van der Waals surface area (Å²) < 4.78 is 34.7. The van der Waals surface area contributed by atoms with E-state index in [1.54, 1.807) is 32.2 Å². The van der Waals surface area contributed by atoms with Crippen LogP contribution in [0.3, 0.4) is 0 Å². The highest BCUT2D eigenvalue weighted by Crippen LogP contribution is 2.27. The Morgan fingerprint density at radius 1 is 1.23 bits per heavy atom. The first-order chi connectivity index (χ1) is 14.9. The number of anilines is 1. The van der Waals surface area contributed by atoms with Gasteiger partial charge in [0.2, 0.25) is 15.9 Å². The molecule has 1 saturated heterocycles. The summed E-state index contributed by atoms with van der Waals surface area (Å²) in [5.74, 6) is -0.226. The van der Waals surface area contributed by atoms with Gasteiger partial charge in [0.15, 0.2) is 5.16 Å². The van der Waals surface area contributed by atoms with Gasteiger partial charge < -0.3 is 10.1 Å². The number of hydrogen-bond donors (Lipinski definition) is 1. The number of amides is 1. The summed E-state index contributed by atoms with van der Waals surface area (Å²) in [6, 6.07) is 10.7. The lowest BCUT2D eigenvalue weighted by Crippen LogP contribution is -2.40. The maximum absolute atomic E-state index is 13.1. The van der Waals surface area contributed by atoms with E-state index in [1.807, 2.05) is 28.8 Å². The second-order valence-electron chi connectivity index (χ2n) is 7.28. The van der Waals surface area contributed by atoms with E-state index < -0.39 is 15.3 Å². The standard InChI is InChI=1S/C21H24N4O4S2/c1-15-6-7-17(13-19(15)31(27,28)24-9-11-29-12-10-24)23-20(26)16(2)30-21-22-14-18-5-3-4-8-25(18)21/h3-8,13-14,16H,9-12H2,1-2H3,(H,23,26). The third-order valence-corrected chi connectivity index (χ3v) is 8.22. The van der Waals surface area contributed by atoms with Crippen LogP contribution in [0.15, 0.2) is 58.8 Å². The summed E-state index contributed by atoms with van der Waals surface area (Å²) in [5, 5.41) is 3.14. The number of morpholine rings is 1. The molecule has 1 aliphatic heterocycles. The van der Waals surface area contributed by atoms with Crippen LogP contribution in [-0.4, -0.2) is 59.6 Å². The van der Waals surface area contributed by atoms with Gasteiger partial charge in [0.25, 0.3) is 0 Å². The number of rotatable bonds is 6. The molecule has 1 unspecified atom stereocenters. The van der Waals surface area contributed by atoms with Crippen LogP contribution in [-0.2, 0) is 19.6 Å². The molecular formula is C21H24N4O4S2. The minimum absolute atomic E-state index is 0.201. The zero-order valence-corrected chi connectivity index (χ0v) is 18.9. The number of benzene rings is 1. The van der Waals surface area contributed by atoms with E-state index in [0.717, 1.165) is 10.7 Å². The molecule has 2 aromatic heterocycles. The molecule has 31 heavy (non-hydrogen) atoms. The summed E-state index contributed by atoms with van der Waals surface area (Å²) in [6.45, 7) is 4.96. The number of sulfonamides is 1. The lowest BCUT2D eigenvalue weighted by atomic mass is 10.2. The van der Waals surface area contributed by atoms with E-state index in [4.69, 9.17) is 4.74 Å². The maximum atomic E-state index is 13.1. The third kappa shape index (κ3) is 4.62. The van der Waals surface area contributed by atoms with Crippen molar-refractivity contribution in [3.8, 4) is 0 Å². The van der Waals surface area contributed by atoms with E-state index in [0.29, 0.717) is 37.6 Å². The van der Waals surface area contributed by atoms with Gasteiger partial charge in [-0.05, 0) is 43.7 Å². The number of aromatic nitrogens is 2. The van der Waals surface area contributed by atoms with Gasteiger partial charge in [-0.15, -0.1) is 0 Å². The lowest BCUT2D eigenvalue weighted by Gasteiger charge is -2.27. The first kappa shape index (κ1) is 21.8. The van der Waals surface area contributed by atoms with Crippen molar-refractivity contribution < 1.29 is 17.9 Å². The van der Waals surface area contributed by atoms with Crippen molar-refractivity contribution >= 4 is 38.9 Å². The predicted molar refractivity (Wildman–Crippen MR) is 120 cm³/mol. The van der Waals surface area contributed by atoms with Crippen LogP contribution in [0, 0.1) is 6.92 Å². The Balaban J connectivity index is 1.50. The van der Waals surface area contributed by atoms with Crippen LogP contribution in [0.2, 0.25) is 0 Å². The number of fused-ring (bicyclic) bond motifs is 1. The maximum Gasteiger partial charge on any atom is 0.243 e. The Hall–Kier alpha value is -2.40. The number of ether oxygens (including phenoxy) is 1. The minimum Gasteiger partial charge on any atom is -0.379 e. The van der Waals surface area contributed by atoms with Crippen LogP contribution in [0.4, 0.5) is 5.69 Å². The molecule has 0 saturated carbocycles. The van der Waals surface area contributed by atoms with Crippen molar-refractivity contribution in [3.63, 3.8) is 0 Å². The molecule has 3 aromatic rings. The largest absolute Gasteiger partial charge is 0.379 e. The van der Waals surface area contributed by atoms with Crippen molar-refractivity contribution in [2.24, 2.45) is 0 Å². The van der Waals surface area contributed by atoms with Gasteiger partial charge in [-0.2, -0.15) is 4.31 Å². The number of nitrogens with zero attached hydrogens (tertiary/aromatic N) is 3. The Bertz CT molecular complexity index is 1200. The van der Waals surface area contributed by atoms with Gasteiger partial charge in [0.1, 0.15) is 0 Å². The molecule has 1 aliphatic rings. The average Bonchev–Trinajstić information content (AvgIpc) is 3.18. The van der Waals surface area contributed by atoms with Crippen molar-refractivity contribution in [1.82, 2.24) is 13.7 Å². The molecule has 4 rings (SSSR count). The number of thioether (sulfide) groups is 1. The molecule has 0 spiro atoms. The normalized spacial score (nSPS) is 16.3. The minimum atomic E-state index is -3.65. The van der Waals surface area contributed by atoms with E-state index in [9.17, 15) is 13.2 Å². The molecule has 8 nitrogen and oxygen atoms in total. The van der Waals surface area contributed by atoms with E-state index >= 15 is 0 Å². The predicted octanol–water partition coefficient (Wildman–Crippen LogP) is 2.78. The molecule has 3 heterocycles. The molecule has 1 aromatic carbocycles. The molecule has 0 radical (unpaired) electrons. The zero-order valence-electron chi connectivity index (χ0n) is 17.3. The van der Waals surface area contributed by atoms with E-state index in [-0.39, 0.29) is 10.8 Å². The first-order valence-corrected chi connectivity index (χ1v) is 12.3. The number of nitrogens with one attached hydrogen (secondary N) is 1. The fraction of sp³-hybridized carbons (Fsp3) is 0.333. The highest BCUT2D eigenvalue weighted by Gasteiger charge is 2.28. The number of hydrogen-bond acceptors (Lipinski definition) is 6. The number of imidazole rings is 1. The zero-order chi connectivity index (χ0) is 22.0. The van der Waals surface area contributed by atoms with E-state index in [1.165, 1.54) is 22.1 Å². The van der Waals surface area contributed by atoms with Crippen LogP contribution in [0.25, 0.3) is 5.52 Å². The number of aryl methyl sites for hydroxylation is 1. The Morgan fingerprint density at radius 2 is 2.00 bits per heavy atom. The van der Waals surface area contributed by atoms with Gasteiger partial charge in [-0.25, -0.2) is 13.4 Å². The molecular weight excluding hydrogens is 436 g/mol. The number of pyridine rings is 1. The molecule has 0 aliphatic carbocycles. The highest BCUT2D eigenvalue weighted by atomic mass is 32.2. The van der Waals surface area contributed by atoms with Gasteiger partial charge in [-0.3, -0.25) is 9.20 Å². The molecule has 0 bridgehead atoms. The Morgan fingerprint density at radius 3 is 2.77 bits per heavy atom. The summed E-state index contributed by atoms with van der Waals surface area (Å²) in [4.78, 5) is 17.4. The lowest BCUT2D eigenvalue weighted by molar-refractivity contribution is -0.115. The van der Waals surface area contributed by atoms with Crippen LogP contribution in [0.1, 0.15) is 12.5 Å². The highest BCUT2D eigenvalue weighted by molar-refractivity contribution is 8.00. The fourth-order valence-corrected chi connectivity index (χ4v) is 5.88. The molecule has 164 valence electrons.